The third-order valence-corrected chi connectivity index (χ3v) is 5.27. The first kappa shape index (κ1) is 19.7. The Kier molecular flexibility index (Phi) is 7.10. The quantitative estimate of drug-likeness (QED) is 0.447. The van der Waals surface area contributed by atoms with Crippen LogP contribution in [-0.2, 0) is 6.54 Å². The number of fused-ring (bicyclic) bond motifs is 1. The molecule has 27 heavy (non-hydrogen) atoms. The molecule has 2 heterocycles. The molecule has 1 atom stereocenters. The summed E-state index contributed by atoms with van der Waals surface area (Å²) in [6.45, 7) is 10.3. The molecule has 1 aromatic carbocycles. The largest absolute Gasteiger partial charge is 0.357 e. The van der Waals surface area contributed by atoms with Gasteiger partial charge in [0.15, 0.2) is 5.96 Å². The maximum atomic E-state index is 4.82. The van der Waals surface area contributed by atoms with E-state index in [1.54, 1.807) is 0 Å². The van der Waals surface area contributed by atoms with E-state index in [0.29, 0.717) is 5.92 Å². The number of nitrogens with zero attached hydrogens (tertiary/aromatic N) is 4. The molecular weight excluding hydrogens is 336 g/mol. The molecule has 1 saturated heterocycles. The molecule has 1 aromatic heterocycles. The molecule has 6 nitrogen and oxygen atoms in total. The van der Waals surface area contributed by atoms with E-state index in [9.17, 15) is 0 Å². The molecule has 0 saturated carbocycles. The number of benzene rings is 1. The fraction of sp³-hybridized carbons (Fsp3) is 0.619. The summed E-state index contributed by atoms with van der Waals surface area (Å²) in [5.74, 6) is 2.70. The van der Waals surface area contributed by atoms with Gasteiger partial charge in [0.2, 0.25) is 0 Å². The fourth-order valence-electron chi connectivity index (χ4n) is 3.91. The van der Waals surface area contributed by atoms with Crippen molar-refractivity contribution in [3.63, 3.8) is 0 Å². The highest BCUT2D eigenvalue weighted by atomic mass is 15.2. The van der Waals surface area contributed by atoms with Gasteiger partial charge in [0, 0.05) is 32.7 Å². The number of aliphatic imine (C=N–C) groups is 1. The van der Waals surface area contributed by atoms with Crippen molar-refractivity contribution in [1.82, 2.24) is 25.1 Å². The van der Waals surface area contributed by atoms with E-state index < -0.39 is 0 Å². The third kappa shape index (κ3) is 5.45. The Labute approximate surface area is 163 Å². The van der Waals surface area contributed by atoms with E-state index in [1.165, 1.54) is 24.9 Å². The molecule has 0 bridgehead atoms. The molecule has 1 fully saturated rings. The van der Waals surface area contributed by atoms with Gasteiger partial charge in [0.05, 0.1) is 11.0 Å². The monoisotopic (exact) mass is 370 g/mol. The maximum absolute atomic E-state index is 4.82. The first-order valence-electron chi connectivity index (χ1n) is 10.3. The summed E-state index contributed by atoms with van der Waals surface area (Å²) in [4.78, 5) is 11.9. The number of piperidine rings is 1. The van der Waals surface area contributed by atoms with Crippen molar-refractivity contribution < 1.29 is 0 Å². The Balaban J connectivity index is 1.49. The van der Waals surface area contributed by atoms with Crippen molar-refractivity contribution in [3.05, 3.63) is 30.1 Å². The normalized spacial score (nSPS) is 18.8. The van der Waals surface area contributed by atoms with Gasteiger partial charge in [-0.3, -0.25) is 4.99 Å². The van der Waals surface area contributed by atoms with Gasteiger partial charge in [-0.1, -0.05) is 12.1 Å². The van der Waals surface area contributed by atoms with E-state index in [0.717, 1.165) is 56.4 Å². The lowest BCUT2D eigenvalue weighted by molar-refractivity contribution is 0.214. The SMILES string of the molecule is CCNC(=NCC1CCCN(C)C1)NCCCn1c(C)nc2ccccc21. The zero-order valence-electron chi connectivity index (χ0n) is 17.0. The van der Waals surface area contributed by atoms with Crippen LogP contribution < -0.4 is 10.6 Å². The van der Waals surface area contributed by atoms with Crippen molar-refractivity contribution in [2.45, 2.75) is 39.7 Å². The smallest absolute Gasteiger partial charge is 0.191 e. The van der Waals surface area contributed by atoms with Crippen molar-refractivity contribution >= 4 is 17.0 Å². The number of aryl methyl sites for hydroxylation is 2. The van der Waals surface area contributed by atoms with E-state index in [1.807, 2.05) is 6.07 Å². The number of nitrogens with one attached hydrogen (secondary N) is 2. The van der Waals surface area contributed by atoms with Crippen LogP contribution in [0.4, 0.5) is 0 Å². The fourth-order valence-corrected chi connectivity index (χ4v) is 3.91. The minimum atomic E-state index is 0.680. The standard InChI is InChI=1S/C21H34N6/c1-4-22-21(24-15-18-9-7-13-26(3)16-18)23-12-8-14-27-17(2)25-19-10-5-6-11-20(19)27/h5-6,10-11,18H,4,7-9,12-16H2,1-3H3,(H2,22,23,24). The molecule has 0 spiro atoms. The van der Waals surface area contributed by atoms with Crippen LogP contribution in [0, 0.1) is 12.8 Å². The van der Waals surface area contributed by atoms with Crippen LogP contribution in [0.25, 0.3) is 11.0 Å². The van der Waals surface area contributed by atoms with Gasteiger partial charge in [-0.05, 0) is 64.8 Å². The molecule has 148 valence electrons. The van der Waals surface area contributed by atoms with Crippen molar-refractivity contribution in [2.75, 3.05) is 39.8 Å². The second kappa shape index (κ2) is 9.74. The van der Waals surface area contributed by atoms with Crippen LogP contribution in [0.15, 0.2) is 29.3 Å². The van der Waals surface area contributed by atoms with Crippen molar-refractivity contribution in [3.8, 4) is 0 Å². The maximum Gasteiger partial charge on any atom is 0.191 e. The lowest BCUT2D eigenvalue weighted by atomic mass is 9.99. The van der Waals surface area contributed by atoms with Crippen LogP contribution in [0.3, 0.4) is 0 Å². The van der Waals surface area contributed by atoms with Crippen LogP contribution in [-0.4, -0.2) is 60.2 Å². The summed E-state index contributed by atoms with van der Waals surface area (Å²) in [6.07, 6.45) is 3.62. The van der Waals surface area contributed by atoms with Crippen molar-refractivity contribution in [1.29, 1.82) is 0 Å². The predicted octanol–water partition coefficient (Wildman–Crippen LogP) is 2.63. The highest BCUT2D eigenvalue weighted by Gasteiger charge is 2.16. The molecule has 2 aromatic rings. The van der Waals surface area contributed by atoms with Gasteiger partial charge in [0.25, 0.3) is 0 Å². The minimum absolute atomic E-state index is 0.680. The number of rotatable bonds is 7. The summed E-state index contributed by atoms with van der Waals surface area (Å²) >= 11 is 0. The number of likely N-dealkylation sites (tertiary alicyclic amines) is 1. The predicted molar refractivity (Wildman–Crippen MR) is 113 cm³/mol. The Morgan fingerprint density at radius 3 is 2.96 bits per heavy atom. The molecule has 1 aliphatic rings. The zero-order valence-corrected chi connectivity index (χ0v) is 17.0. The number of aromatic nitrogens is 2. The number of imidazole rings is 1. The van der Waals surface area contributed by atoms with Gasteiger partial charge in [-0.15, -0.1) is 0 Å². The lowest BCUT2D eigenvalue weighted by Gasteiger charge is -2.28. The number of guanidine groups is 1. The zero-order chi connectivity index (χ0) is 19.1. The molecule has 2 N–H and O–H groups in total. The first-order valence-corrected chi connectivity index (χ1v) is 10.3. The highest BCUT2D eigenvalue weighted by Crippen LogP contribution is 2.16. The summed E-state index contributed by atoms with van der Waals surface area (Å²) in [7, 11) is 2.21. The molecule has 0 amide bonds. The number of para-hydroxylation sites is 2. The second-order valence-corrected chi connectivity index (χ2v) is 7.57. The van der Waals surface area contributed by atoms with Gasteiger partial charge in [-0.25, -0.2) is 4.98 Å². The molecule has 3 rings (SSSR count). The van der Waals surface area contributed by atoms with E-state index in [-0.39, 0.29) is 0 Å². The van der Waals surface area contributed by atoms with Gasteiger partial charge in [0.1, 0.15) is 5.82 Å². The van der Waals surface area contributed by atoms with Gasteiger partial charge >= 0.3 is 0 Å². The first-order chi connectivity index (χ1) is 13.2. The van der Waals surface area contributed by atoms with Crippen LogP contribution in [0.5, 0.6) is 0 Å². The molecule has 6 heteroatoms. The molecule has 1 unspecified atom stereocenters. The average Bonchev–Trinajstić information content (AvgIpc) is 2.98. The number of hydrogen-bond acceptors (Lipinski definition) is 3. The Morgan fingerprint density at radius 1 is 1.30 bits per heavy atom. The lowest BCUT2D eigenvalue weighted by Crippen LogP contribution is -2.39. The van der Waals surface area contributed by atoms with Crippen molar-refractivity contribution in [2.24, 2.45) is 10.9 Å². The van der Waals surface area contributed by atoms with Crippen LogP contribution in [0.1, 0.15) is 32.0 Å². The Bertz CT molecular complexity index is 750. The van der Waals surface area contributed by atoms with Gasteiger partial charge < -0.3 is 20.1 Å². The summed E-state index contributed by atoms with van der Waals surface area (Å²) in [5.41, 5.74) is 2.30. The third-order valence-electron chi connectivity index (χ3n) is 5.27. The Hall–Kier alpha value is -2.08. The highest BCUT2D eigenvalue weighted by molar-refractivity contribution is 5.79. The minimum Gasteiger partial charge on any atom is -0.357 e. The Morgan fingerprint density at radius 2 is 2.15 bits per heavy atom. The van der Waals surface area contributed by atoms with Crippen LogP contribution in [0.2, 0.25) is 0 Å². The van der Waals surface area contributed by atoms with E-state index in [4.69, 9.17) is 4.99 Å². The number of hydrogen-bond donors (Lipinski definition) is 2. The average molecular weight is 371 g/mol. The molecule has 1 aliphatic heterocycles. The topological polar surface area (TPSA) is 57.5 Å². The molecule has 0 aliphatic carbocycles. The van der Waals surface area contributed by atoms with E-state index >= 15 is 0 Å². The summed E-state index contributed by atoms with van der Waals surface area (Å²) < 4.78 is 2.30. The van der Waals surface area contributed by atoms with Gasteiger partial charge in [-0.2, -0.15) is 0 Å². The second-order valence-electron chi connectivity index (χ2n) is 7.57. The summed E-state index contributed by atoms with van der Waals surface area (Å²) in [5, 5.41) is 6.87. The molecular formula is C21H34N6. The van der Waals surface area contributed by atoms with Crippen LogP contribution >= 0.6 is 0 Å². The molecule has 0 radical (unpaired) electrons. The van der Waals surface area contributed by atoms with E-state index in [2.05, 4.69) is 64.2 Å². The summed E-state index contributed by atoms with van der Waals surface area (Å²) in [6, 6.07) is 8.35.